The van der Waals surface area contributed by atoms with Crippen LogP contribution in [0.2, 0.25) is 0 Å². The monoisotopic (exact) mass is 368 g/mol. The SMILES string of the molecule is CN(CC(=O)O)C1CCN(S(=O)(=O)c2ccc(C(C)(C)C)cc2)CC1. The zero-order chi connectivity index (χ0) is 18.8. The number of carboxylic acids is 1. The second-order valence-corrected chi connectivity index (χ2v) is 9.66. The van der Waals surface area contributed by atoms with Gasteiger partial charge in [-0.25, -0.2) is 8.42 Å². The van der Waals surface area contributed by atoms with Gasteiger partial charge in [-0.3, -0.25) is 9.69 Å². The van der Waals surface area contributed by atoms with E-state index in [1.165, 1.54) is 4.31 Å². The van der Waals surface area contributed by atoms with Crippen molar-refractivity contribution in [3.8, 4) is 0 Å². The molecule has 1 saturated heterocycles. The number of carbonyl (C=O) groups is 1. The molecule has 0 aliphatic carbocycles. The maximum absolute atomic E-state index is 12.8. The van der Waals surface area contributed by atoms with Crippen molar-refractivity contribution in [3.05, 3.63) is 29.8 Å². The number of carboxylic acid groups (broad SMARTS) is 1. The molecule has 0 radical (unpaired) electrons. The normalized spacial score (nSPS) is 17.8. The van der Waals surface area contributed by atoms with E-state index in [4.69, 9.17) is 5.11 Å². The Hall–Kier alpha value is -1.44. The second-order valence-electron chi connectivity index (χ2n) is 7.72. The number of benzene rings is 1. The Morgan fingerprint density at radius 3 is 2.16 bits per heavy atom. The van der Waals surface area contributed by atoms with Gasteiger partial charge in [-0.15, -0.1) is 0 Å². The molecule has 0 amide bonds. The molecule has 140 valence electrons. The van der Waals surface area contributed by atoms with Crippen LogP contribution in [0.3, 0.4) is 0 Å². The quantitative estimate of drug-likeness (QED) is 0.862. The maximum Gasteiger partial charge on any atom is 0.317 e. The minimum absolute atomic E-state index is 0.0185. The van der Waals surface area contributed by atoms with E-state index < -0.39 is 16.0 Å². The maximum atomic E-state index is 12.8. The van der Waals surface area contributed by atoms with E-state index in [0.717, 1.165) is 5.56 Å². The fourth-order valence-corrected chi connectivity index (χ4v) is 4.61. The highest BCUT2D eigenvalue weighted by molar-refractivity contribution is 7.89. The summed E-state index contributed by atoms with van der Waals surface area (Å²) in [5.41, 5.74) is 1.08. The van der Waals surface area contributed by atoms with E-state index in [0.29, 0.717) is 30.8 Å². The first-order valence-corrected chi connectivity index (χ1v) is 9.98. The molecule has 0 atom stereocenters. The number of hydrogen-bond donors (Lipinski definition) is 1. The number of piperidine rings is 1. The highest BCUT2D eigenvalue weighted by Gasteiger charge is 2.31. The van der Waals surface area contributed by atoms with Crippen LogP contribution in [-0.4, -0.2) is 61.4 Å². The van der Waals surface area contributed by atoms with Crippen molar-refractivity contribution in [2.24, 2.45) is 0 Å². The van der Waals surface area contributed by atoms with Crippen molar-refractivity contribution in [1.82, 2.24) is 9.21 Å². The van der Waals surface area contributed by atoms with E-state index >= 15 is 0 Å². The number of hydrogen-bond acceptors (Lipinski definition) is 4. The molecule has 1 heterocycles. The first-order chi connectivity index (χ1) is 11.5. The molecule has 2 rings (SSSR count). The average molecular weight is 368 g/mol. The van der Waals surface area contributed by atoms with Gasteiger partial charge in [-0.1, -0.05) is 32.9 Å². The third kappa shape index (κ3) is 4.80. The number of rotatable bonds is 5. The van der Waals surface area contributed by atoms with Crippen molar-refractivity contribution in [3.63, 3.8) is 0 Å². The first kappa shape index (κ1) is 19.9. The van der Waals surface area contributed by atoms with Crippen LogP contribution >= 0.6 is 0 Å². The molecule has 0 spiro atoms. The van der Waals surface area contributed by atoms with Crippen LogP contribution in [0.15, 0.2) is 29.2 Å². The van der Waals surface area contributed by atoms with Gasteiger partial charge >= 0.3 is 5.97 Å². The Morgan fingerprint density at radius 1 is 1.20 bits per heavy atom. The summed E-state index contributed by atoms with van der Waals surface area (Å²) in [5.74, 6) is -0.864. The van der Waals surface area contributed by atoms with Crippen molar-refractivity contribution in [2.45, 2.75) is 50.0 Å². The summed E-state index contributed by atoms with van der Waals surface area (Å²) in [6, 6.07) is 7.21. The Bertz CT molecular complexity index is 700. The predicted octanol–water partition coefficient (Wildman–Crippen LogP) is 2.15. The molecular weight excluding hydrogens is 340 g/mol. The fourth-order valence-electron chi connectivity index (χ4n) is 3.14. The van der Waals surface area contributed by atoms with Crippen molar-refractivity contribution in [2.75, 3.05) is 26.7 Å². The molecule has 7 heteroatoms. The summed E-state index contributed by atoms with van der Waals surface area (Å²) in [7, 11) is -1.73. The number of sulfonamides is 1. The summed E-state index contributed by atoms with van der Waals surface area (Å²) in [6.07, 6.45) is 1.28. The molecule has 0 bridgehead atoms. The molecule has 0 unspecified atom stereocenters. The van der Waals surface area contributed by atoms with E-state index in [2.05, 4.69) is 20.8 Å². The van der Waals surface area contributed by atoms with Gasteiger partial charge < -0.3 is 5.11 Å². The van der Waals surface area contributed by atoms with Crippen LogP contribution in [0, 0.1) is 0 Å². The number of likely N-dealkylation sites (N-methyl/N-ethyl adjacent to an activating group) is 1. The van der Waals surface area contributed by atoms with Gasteiger partial charge in [0.05, 0.1) is 11.4 Å². The van der Waals surface area contributed by atoms with Crippen LogP contribution in [0.25, 0.3) is 0 Å². The molecule has 1 aromatic rings. The van der Waals surface area contributed by atoms with E-state index in [-0.39, 0.29) is 18.0 Å². The Balaban J connectivity index is 2.05. The third-order valence-electron chi connectivity index (χ3n) is 4.79. The van der Waals surface area contributed by atoms with Gasteiger partial charge in [-0.2, -0.15) is 4.31 Å². The van der Waals surface area contributed by atoms with Crippen LogP contribution in [-0.2, 0) is 20.2 Å². The minimum Gasteiger partial charge on any atom is -0.480 e. The van der Waals surface area contributed by atoms with Crippen LogP contribution in [0.1, 0.15) is 39.2 Å². The highest BCUT2D eigenvalue weighted by atomic mass is 32.2. The molecule has 6 nitrogen and oxygen atoms in total. The average Bonchev–Trinajstić information content (AvgIpc) is 2.53. The lowest BCUT2D eigenvalue weighted by molar-refractivity contribution is -0.138. The predicted molar refractivity (Wildman–Crippen MR) is 97.2 cm³/mol. The second kappa shape index (κ2) is 7.43. The Labute approximate surface area is 150 Å². The van der Waals surface area contributed by atoms with Crippen LogP contribution < -0.4 is 0 Å². The lowest BCUT2D eigenvalue weighted by Crippen LogP contribution is -2.46. The van der Waals surface area contributed by atoms with Crippen molar-refractivity contribution in [1.29, 1.82) is 0 Å². The zero-order valence-corrected chi connectivity index (χ0v) is 16.2. The molecule has 25 heavy (non-hydrogen) atoms. The van der Waals surface area contributed by atoms with Crippen molar-refractivity contribution < 1.29 is 18.3 Å². The highest BCUT2D eigenvalue weighted by Crippen LogP contribution is 2.26. The summed E-state index contributed by atoms with van der Waals surface area (Å²) >= 11 is 0. The lowest BCUT2D eigenvalue weighted by atomic mass is 9.87. The van der Waals surface area contributed by atoms with E-state index in [1.54, 1.807) is 24.1 Å². The van der Waals surface area contributed by atoms with Gasteiger partial charge in [0, 0.05) is 19.1 Å². The molecule has 1 aliphatic heterocycles. The lowest BCUT2D eigenvalue weighted by Gasteiger charge is -2.35. The number of nitrogens with zero attached hydrogens (tertiary/aromatic N) is 2. The minimum atomic E-state index is -3.50. The van der Waals surface area contributed by atoms with Crippen molar-refractivity contribution >= 4 is 16.0 Å². The Morgan fingerprint density at radius 2 is 1.72 bits per heavy atom. The summed E-state index contributed by atoms with van der Waals surface area (Å²) in [4.78, 5) is 12.9. The fraction of sp³-hybridized carbons (Fsp3) is 0.611. The molecule has 1 N–H and O–H groups in total. The van der Waals surface area contributed by atoms with Crippen LogP contribution in [0.5, 0.6) is 0 Å². The van der Waals surface area contributed by atoms with Gasteiger partial charge in [0.2, 0.25) is 10.0 Å². The smallest absolute Gasteiger partial charge is 0.317 e. The largest absolute Gasteiger partial charge is 0.480 e. The zero-order valence-electron chi connectivity index (χ0n) is 15.4. The van der Waals surface area contributed by atoms with Gasteiger partial charge in [0.1, 0.15) is 0 Å². The van der Waals surface area contributed by atoms with E-state index in [1.807, 2.05) is 12.1 Å². The summed E-state index contributed by atoms with van der Waals surface area (Å²) in [6.45, 7) is 7.08. The summed E-state index contributed by atoms with van der Waals surface area (Å²) in [5, 5.41) is 8.88. The van der Waals surface area contributed by atoms with Gasteiger partial charge in [0.25, 0.3) is 0 Å². The molecule has 0 aromatic heterocycles. The topological polar surface area (TPSA) is 77.9 Å². The van der Waals surface area contributed by atoms with Gasteiger partial charge in [-0.05, 0) is 43.0 Å². The van der Waals surface area contributed by atoms with Crippen LogP contribution in [0.4, 0.5) is 0 Å². The molecule has 1 aliphatic rings. The number of aliphatic carboxylic acids is 1. The molecular formula is C18H28N2O4S. The molecule has 1 fully saturated rings. The molecule has 1 aromatic carbocycles. The van der Waals surface area contributed by atoms with E-state index in [9.17, 15) is 13.2 Å². The first-order valence-electron chi connectivity index (χ1n) is 8.54. The summed E-state index contributed by atoms with van der Waals surface area (Å²) < 4.78 is 27.1. The standard InChI is InChI=1S/C18H28N2O4S/c1-18(2,3)14-5-7-16(8-6-14)25(23,24)20-11-9-15(10-12-20)19(4)13-17(21)22/h5-8,15H,9-13H2,1-4H3,(H,21,22). The third-order valence-corrected chi connectivity index (χ3v) is 6.70. The Kier molecular flexibility index (Phi) is 5.91. The molecule has 0 saturated carbocycles. The van der Waals surface area contributed by atoms with Gasteiger partial charge in [0.15, 0.2) is 0 Å².